The number of pyridine rings is 1. The normalized spacial score (nSPS) is 14.4. The summed E-state index contributed by atoms with van der Waals surface area (Å²) in [6, 6.07) is 3.31. The molecule has 7 heteroatoms. The van der Waals surface area contributed by atoms with Crippen molar-refractivity contribution in [1.29, 1.82) is 0 Å². The quantitative estimate of drug-likeness (QED) is 0.899. The summed E-state index contributed by atoms with van der Waals surface area (Å²) in [6.45, 7) is 0. The fourth-order valence-electron chi connectivity index (χ4n) is 1.76. The fourth-order valence-corrected chi connectivity index (χ4v) is 2.55. The lowest BCUT2D eigenvalue weighted by Gasteiger charge is -2.02. The Morgan fingerprint density at radius 3 is 2.89 bits per heavy atom. The number of nitrogens with zero attached hydrogens (tertiary/aromatic N) is 2. The van der Waals surface area contributed by atoms with Gasteiger partial charge in [0.25, 0.3) is 5.91 Å². The van der Waals surface area contributed by atoms with Gasteiger partial charge in [0.15, 0.2) is 5.69 Å². The van der Waals surface area contributed by atoms with Crippen molar-refractivity contribution in [2.45, 2.75) is 18.8 Å². The minimum Gasteiger partial charge on any atom is -0.305 e. The van der Waals surface area contributed by atoms with Crippen LogP contribution >= 0.6 is 27.5 Å². The first-order chi connectivity index (χ1) is 9.15. The fraction of sp³-hybridized carbons (Fsp3) is 0.250. The lowest BCUT2D eigenvalue weighted by atomic mass is 10.2. The van der Waals surface area contributed by atoms with Crippen molar-refractivity contribution >= 4 is 39.3 Å². The highest BCUT2D eigenvalue weighted by Crippen LogP contribution is 2.42. The van der Waals surface area contributed by atoms with Crippen LogP contribution in [-0.2, 0) is 0 Å². The van der Waals surface area contributed by atoms with Gasteiger partial charge in [-0.2, -0.15) is 5.10 Å². The average Bonchev–Trinajstić information content (AvgIpc) is 3.15. The maximum atomic E-state index is 12.1. The molecule has 0 unspecified atom stereocenters. The second-order valence-corrected chi connectivity index (χ2v) is 5.62. The molecule has 0 saturated heterocycles. The van der Waals surface area contributed by atoms with E-state index in [1.165, 1.54) is 6.20 Å². The molecule has 19 heavy (non-hydrogen) atoms. The first kappa shape index (κ1) is 12.6. The molecule has 0 atom stereocenters. The molecule has 2 aromatic rings. The Kier molecular flexibility index (Phi) is 3.28. The molecule has 1 amide bonds. The average molecular weight is 342 g/mol. The van der Waals surface area contributed by atoms with Gasteiger partial charge in [0.05, 0.1) is 15.2 Å². The highest BCUT2D eigenvalue weighted by Gasteiger charge is 2.30. The lowest BCUT2D eigenvalue weighted by Crippen LogP contribution is -2.13. The van der Waals surface area contributed by atoms with E-state index in [1.807, 2.05) is 0 Å². The molecular weight excluding hydrogens is 332 g/mol. The minimum absolute atomic E-state index is 0.301. The van der Waals surface area contributed by atoms with Crippen LogP contribution < -0.4 is 5.32 Å². The number of amides is 1. The number of carbonyl (C=O) groups is 1. The summed E-state index contributed by atoms with van der Waals surface area (Å²) in [5, 5.41) is 10.2. The standard InChI is InChI=1S/C12H10BrClN4O/c13-9-10(6-1-2-6)17-18-11(9)12(19)16-8-4-3-7(14)5-15-8/h3-6H,1-2H2,(H,17,18)(H,15,16,19). The molecule has 2 heterocycles. The molecule has 0 spiro atoms. The van der Waals surface area contributed by atoms with Gasteiger partial charge in [0.1, 0.15) is 5.82 Å². The van der Waals surface area contributed by atoms with Crippen molar-refractivity contribution in [2.24, 2.45) is 0 Å². The Morgan fingerprint density at radius 2 is 2.26 bits per heavy atom. The second-order valence-electron chi connectivity index (χ2n) is 4.39. The predicted octanol–water partition coefficient (Wildman–Crippen LogP) is 3.35. The van der Waals surface area contributed by atoms with Gasteiger partial charge < -0.3 is 5.32 Å². The third kappa shape index (κ3) is 2.64. The number of anilines is 1. The van der Waals surface area contributed by atoms with Crippen LogP contribution in [0, 0.1) is 0 Å². The molecule has 1 aliphatic rings. The molecular formula is C12H10BrClN4O. The second kappa shape index (κ2) is 4.94. The zero-order valence-electron chi connectivity index (χ0n) is 9.78. The summed E-state index contributed by atoms with van der Waals surface area (Å²) in [5.41, 5.74) is 1.34. The van der Waals surface area contributed by atoms with E-state index in [0.29, 0.717) is 22.5 Å². The number of halogens is 2. The zero-order chi connectivity index (χ0) is 13.4. The monoisotopic (exact) mass is 340 g/mol. The third-order valence-corrected chi connectivity index (χ3v) is 3.93. The van der Waals surface area contributed by atoms with Gasteiger partial charge in [-0.3, -0.25) is 9.89 Å². The Morgan fingerprint density at radius 1 is 1.47 bits per heavy atom. The highest BCUT2D eigenvalue weighted by molar-refractivity contribution is 9.10. The van der Waals surface area contributed by atoms with Gasteiger partial charge >= 0.3 is 0 Å². The van der Waals surface area contributed by atoms with Crippen LogP contribution in [0.2, 0.25) is 5.02 Å². The first-order valence-electron chi connectivity index (χ1n) is 5.82. The zero-order valence-corrected chi connectivity index (χ0v) is 12.1. The molecule has 5 nitrogen and oxygen atoms in total. The van der Waals surface area contributed by atoms with Crippen molar-refractivity contribution < 1.29 is 4.79 Å². The van der Waals surface area contributed by atoms with E-state index in [2.05, 4.69) is 36.4 Å². The third-order valence-electron chi connectivity index (χ3n) is 2.90. The van der Waals surface area contributed by atoms with Crippen molar-refractivity contribution in [3.63, 3.8) is 0 Å². The molecule has 1 aliphatic carbocycles. The molecule has 2 aromatic heterocycles. The van der Waals surface area contributed by atoms with Gasteiger partial charge in [-0.05, 0) is 40.9 Å². The molecule has 0 radical (unpaired) electrons. The smallest absolute Gasteiger partial charge is 0.278 e. The van der Waals surface area contributed by atoms with Crippen LogP contribution in [0.5, 0.6) is 0 Å². The Hall–Kier alpha value is -1.40. The Labute approximate surface area is 122 Å². The van der Waals surface area contributed by atoms with E-state index >= 15 is 0 Å². The summed E-state index contributed by atoms with van der Waals surface area (Å²) < 4.78 is 0.737. The number of carbonyl (C=O) groups excluding carboxylic acids is 1. The van der Waals surface area contributed by atoms with Crippen molar-refractivity contribution in [3.05, 3.63) is 39.2 Å². The molecule has 1 saturated carbocycles. The summed E-state index contributed by atoms with van der Waals surface area (Å²) in [4.78, 5) is 16.1. The van der Waals surface area contributed by atoms with Gasteiger partial charge in [-0.25, -0.2) is 4.98 Å². The predicted molar refractivity (Wildman–Crippen MR) is 75.5 cm³/mol. The maximum Gasteiger partial charge on any atom is 0.278 e. The van der Waals surface area contributed by atoms with Gasteiger partial charge in [-0.15, -0.1) is 0 Å². The van der Waals surface area contributed by atoms with Crippen molar-refractivity contribution in [1.82, 2.24) is 15.2 Å². The molecule has 3 rings (SSSR count). The lowest BCUT2D eigenvalue weighted by molar-refractivity contribution is 0.102. The first-order valence-corrected chi connectivity index (χ1v) is 6.99. The van der Waals surface area contributed by atoms with E-state index in [9.17, 15) is 4.79 Å². The van der Waals surface area contributed by atoms with Gasteiger partial charge in [0.2, 0.25) is 0 Å². The van der Waals surface area contributed by atoms with Crippen LogP contribution in [0.4, 0.5) is 5.82 Å². The number of aromatic nitrogens is 3. The van der Waals surface area contributed by atoms with E-state index in [1.54, 1.807) is 12.1 Å². The number of H-pyrrole nitrogens is 1. The van der Waals surface area contributed by atoms with E-state index in [0.717, 1.165) is 23.0 Å². The van der Waals surface area contributed by atoms with Crippen LogP contribution in [0.3, 0.4) is 0 Å². The molecule has 0 aromatic carbocycles. The maximum absolute atomic E-state index is 12.1. The van der Waals surface area contributed by atoms with Crippen molar-refractivity contribution in [2.75, 3.05) is 5.32 Å². The summed E-state index contributed by atoms with van der Waals surface area (Å²) in [6.07, 6.45) is 3.76. The topological polar surface area (TPSA) is 70.7 Å². The van der Waals surface area contributed by atoms with Crippen LogP contribution in [-0.4, -0.2) is 21.1 Å². The molecule has 0 bridgehead atoms. The molecule has 1 fully saturated rings. The molecule has 98 valence electrons. The summed E-state index contributed by atoms with van der Waals surface area (Å²) in [7, 11) is 0. The number of nitrogens with one attached hydrogen (secondary N) is 2. The number of rotatable bonds is 3. The minimum atomic E-state index is -0.301. The molecule has 2 N–H and O–H groups in total. The van der Waals surface area contributed by atoms with Gasteiger partial charge in [-0.1, -0.05) is 11.6 Å². The van der Waals surface area contributed by atoms with Crippen LogP contribution in [0.25, 0.3) is 0 Å². The van der Waals surface area contributed by atoms with Crippen LogP contribution in [0.15, 0.2) is 22.8 Å². The van der Waals surface area contributed by atoms with Crippen molar-refractivity contribution in [3.8, 4) is 0 Å². The number of aromatic amines is 1. The van der Waals surface area contributed by atoms with E-state index in [-0.39, 0.29) is 5.91 Å². The highest BCUT2D eigenvalue weighted by atomic mass is 79.9. The largest absolute Gasteiger partial charge is 0.305 e. The number of hydrogen-bond donors (Lipinski definition) is 2. The van der Waals surface area contributed by atoms with Crippen LogP contribution in [0.1, 0.15) is 34.9 Å². The SMILES string of the molecule is O=C(Nc1ccc(Cl)cn1)c1n[nH]c(C2CC2)c1Br. The van der Waals surface area contributed by atoms with Gasteiger partial charge in [0, 0.05) is 12.1 Å². The number of hydrogen-bond acceptors (Lipinski definition) is 3. The molecule has 0 aliphatic heterocycles. The summed E-state index contributed by atoms with van der Waals surface area (Å²) >= 11 is 9.16. The Bertz CT molecular complexity index is 621. The summed E-state index contributed by atoms with van der Waals surface area (Å²) in [5.74, 6) is 0.638. The van der Waals surface area contributed by atoms with E-state index in [4.69, 9.17) is 11.6 Å². The van der Waals surface area contributed by atoms with E-state index < -0.39 is 0 Å². The Balaban J connectivity index is 1.78.